The van der Waals surface area contributed by atoms with E-state index in [9.17, 15) is 5.11 Å². The lowest BCUT2D eigenvalue weighted by Crippen LogP contribution is -2.45. The highest BCUT2D eigenvalue weighted by Crippen LogP contribution is 2.33. The molecule has 2 nitrogen and oxygen atoms in total. The van der Waals surface area contributed by atoms with Crippen LogP contribution < -0.4 is 0 Å². The summed E-state index contributed by atoms with van der Waals surface area (Å²) in [6.07, 6.45) is 7.01. The standard InChI is InChI=1S/C14H27NOS/c1-13(2)8-9-15(10-11-17-13)12-14(16)6-4-3-5-7-14/h16H,3-12H2,1-2H3. The first-order valence-corrected chi connectivity index (χ1v) is 8.06. The van der Waals surface area contributed by atoms with Crippen molar-refractivity contribution in [3.63, 3.8) is 0 Å². The second kappa shape index (κ2) is 5.50. The maximum atomic E-state index is 10.6. The van der Waals surface area contributed by atoms with Gasteiger partial charge >= 0.3 is 0 Å². The van der Waals surface area contributed by atoms with Gasteiger partial charge in [0.25, 0.3) is 0 Å². The molecule has 1 heterocycles. The number of β-amino-alcohol motifs (C(OH)–C–C–N with tert-alkyl or cyclic N) is 1. The van der Waals surface area contributed by atoms with Gasteiger partial charge < -0.3 is 5.11 Å². The zero-order valence-electron chi connectivity index (χ0n) is 11.4. The summed E-state index contributed by atoms with van der Waals surface area (Å²) in [6.45, 7) is 7.90. The van der Waals surface area contributed by atoms with Gasteiger partial charge in [0.1, 0.15) is 0 Å². The van der Waals surface area contributed by atoms with Gasteiger partial charge in [0, 0.05) is 23.6 Å². The molecule has 0 aromatic heterocycles. The minimum atomic E-state index is -0.378. The lowest BCUT2D eigenvalue weighted by molar-refractivity contribution is -0.0251. The van der Waals surface area contributed by atoms with Gasteiger partial charge in [-0.05, 0) is 25.8 Å². The Hall–Kier alpha value is 0.270. The van der Waals surface area contributed by atoms with Crippen LogP contribution in [0, 0.1) is 0 Å². The number of nitrogens with zero attached hydrogens (tertiary/aromatic N) is 1. The average molecular weight is 257 g/mol. The summed E-state index contributed by atoms with van der Waals surface area (Å²) in [5.41, 5.74) is -0.378. The van der Waals surface area contributed by atoms with E-state index in [0.29, 0.717) is 4.75 Å². The van der Waals surface area contributed by atoms with Gasteiger partial charge in [0.2, 0.25) is 0 Å². The Bertz CT molecular complexity index is 249. The fourth-order valence-corrected chi connectivity index (χ4v) is 4.14. The largest absolute Gasteiger partial charge is 0.389 e. The highest BCUT2D eigenvalue weighted by molar-refractivity contribution is 8.00. The van der Waals surface area contributed by atoms with E-state index in [1.54, 1.807) is 0 Å². The van der Waals surface area contributed by atoms with Gasteiger partial charge in [0.05, 0.1) is 5.60 Å². The Morgan fingerprint density at radius 1 is 1.06 bits per heavy atom. The molecule has 1 saturated heterocycles. The smallest absolute Gasteiger partial charge is 0.0774 e. The Labute approximate surface area is 110 Å². The van der Waals surface area contributed by atoms with Gasteiger partial charge in [-0.25, -0.2) is 0 Å². The van der Waals surface area contributed by atoms with Crippen molar-refractivity contribution in [1.29, 1.82) is 0 Å². The van der Waals surface area contributed by atoms with Crippen LogP contribution in [0.1, 0.15) is 52.4 Å². The molecule has 2 rings (SSSR count). The molecule has 0 spiro atoms. The van der Waals surface area contributed by atoms with Crippen molar-refractivity contribution >= 4 is 11.8 Å². The third-order valence-electron chi connectivity index (χ3n) is 4.23. The van der Waals surface area contributed by atoms with Crippen LogP contribution in [0.15, 0.2) is 0 Å². The van der Waals surface area contributed by atoms with Crippen LogP contribution in [0.3, 0.4) is 0 Å². The number of aliphatic hydroxyl groups is 1. The van der Waals surface area contributed by atoms with Crippen molar-refractivity contribution in [1.82, 2.24) is 4.90 Å². The van der Waals surface area contributed by atoms with Crippen LogP contribution in [0.25, 0.3) is 0 Å². The molecule has 1 aliphatic carbocycles. The quantitative estimate of drug-likeness (QED) is 0.823. The van der Waals surface area contributed by atoms with E-state index in [1.165, 1.54) is 31.4 Å². The fourth-order valence-electron chi connectivity index (χ4n) is 3.00. The summed E-state index contributed by atoms with van der Waals surface area (Å²) in [5.74, 6) is 1.21. The predicted octanol–water partition coefficient (Wildman–Crippen LogP) is 2.90. The highest BCUT2D eigenvalue weighted by Gasteiger charge is 2.33. The molecule has 2 aliphatic rings. The Morgan fingerprint density at radius 3 is 2.47 bits per heavy atom. The Morgan fingerprint density at radius 2 is 1.76 bits per heavy atom. The fraction of sp³-hybridized carbons (Fsp3) is 1.00. The minimum absolute atomic E-state index is 0.378. The van der Waals surface area contributed by atoms with Crippen molar-refractivity contribution in [3.8, 4) is 0 Å². The molecule has 0 aromatic carbocycles. The zero-order valence-corrected chi connectivity index (χ0v) is 12.2. The SMILES string of the molecule is CC1(C)CCN(CC2(O)CCCCC2)CCS1. The van der Waals surface area contributed by atoms with Gasteiger partial charge in [-0.3, -0.25) is 4.90 Å². The van der Waals surface area contributed by atoms with E-state index >= 15 is 0 Å². The molecular formula is C14H27NOS. The molecule has 3 heteroatoms. The minimum Gasteiger partial charge on any atom is -0.389 e. The van der Waals surface area contributed by atoms with E-state index in [4.69, 9.17) is 0 Å². The van der Waals surface area contributed by atoms with Crippen molar-refractivity contribution in [2.75, 3.05) is 25.4 Å². The molecule has 0 unspecified atom stereocenters. The van der Waals surface area contributed by atoms with E-state index in [-0.39, 0.29) is 5.60 Å². The first-order chi connectivity index (χ1) is 7.99. The van der Waals surface area contributed by atoms with Crippen LogP contribution >= 0.6 is 11.8 Å². The van der Waals surface area contributed by atoms with Crippen molar-refractivity contribution in [2.24, 2.45) is 0 Å². The van der Waals surface area contributed by atoms with Crippen molar-refractivity contribution < 1.29 is 5.11 Å². The molecule has 0 atom stereocenters. The summed E-state index contributed by atoms with van der Waals surface area (Å²) in [5, 5.41) is 10.6. The lowest BCUT2D eigenvalue weighted by atomic mass is 9.84. The summed E-state index contributed by atoms with van der Waals surface area (Å²) >= 11 is 2.08. The van der Waals surface area contributed by atoms with Gasteiger partial charge in [-0.2, -0.15) is 11.8 Å². The Kier molecular flexibility index (Phi) is 4.43. The molecule has 2 fully saturated rings. The second-order valence-electron chi connectivity index (χ2n) is 6.42. The van der Waals surface area contributed by atoms with E-state index in [0.717, 1.165) is 32.5 Å². The van der Waals surface area contributed by atoms with E-state index < -0.39 is 0 Å². The van der Waals surface area contributed by atoms with Crippen LogP contribution in [0.4, 0.5) is 0 Å². The predicted molar refractivity (Wildman–Crippen MR) is 75.6 cm³/mol. The van der Waals surface area contributed by atoms with Crippen LogP contribution in [0.5, 0.6) is 0 Å². The van der Waals surface area contributed by atoms with Gasteiger partial charge in [-0.15, -0.1) is 0 Å². The maximum Gasteiger partial charge on any atom is 0.0774 e. The Balaban J connectivity index is 1.86. The van der Waals surface area contributed by atoms with Crippen LogP contribution in [-0.2, 0) is 0 Å². The second-order valence-corrected chi connectivity index (χ2v) is 8.22. The first-order valence-electron chi connectivity index (χ1n) is 7.08. The van der Waals surface area contributed by atoms with Crippen LogP contribution in [0.2, 0.25) is 0 Å². The van der Waals surface area contributed by atoms with Gasteiger partial charge in [0.15, 0.2) is 0 Å². The number of thioether (sulfide) groups is 1. The summed E-state index contributed by atoms with van der Waals surface area (Å²) in [6, 6.07) is 0. The highest BCUT2D eigenvalue weighted by atomic mass is 32.2. The molecule has 0 bridgehead atoms. The molecule has 0 aromatic rings. The van der Waals surface area contributed by atoms with Crippen molar-refractivity contribution in [3.05, 3.63) is 0 Å². The first kappa shape index (κ1) is 13.7. The number of hydrogen-bond donors (Lipinski definition) is 1. The topological polar surface area (TPSA) is 23.5 Å². The van der Waals surface area contributed by atoms with E-state index in [2.05, 4.69) is 30.5 Å². The maximum absolute atomic E-state index is 10.6. The summed E-state index contributed by atoms with van der Waals surface area (Å²) < 4.78 is 0.421. The molecule has 1 saturated carbocycles. The summed E-state index contributed by atoms with van der Waals surface area (Å²) in [4.78, 5) is 2.49. The monoisotopic (exact) mass is 257 g/mol. The number of hydrogen-bond acceptors (Lipinski definition) is 3. The summed E-state index contributed by atoms with van der Waals surface area (Å²) in [7, 11) is 0. The van der Waals surface area contributed by atoms with Crippen molar-refractivity contribution in [2.45, 2.75) is 62.7 Å². The molecule has 17 heavy (non-hydrogen) atoms. The third kappa shape index (κ3) is 4.15. The average Bonchev–Trinajstić information content (AvgIpc) is 2.41. The molecular weight excluding hydrogens is 230 g/mol. The molecule has 0 radical (unpaired) electrons. The lowest BCUT2D eigenvalue weighted by Gasteiger charge is -2.36. The molecule has 1 aliphatic heterocycles. The zero-order chi connectivity index (χ0) is 12.4. The number of rotatable bonds is 2. The van der Waals surface area contributed by atoms with E-state index in [1.807, 2.05) is 0 Å². The molecule has 100 valence electrons. The third-order valence-corrected chi connectivity index (χ3v) is 5.60. The normalized spacial score (nSPS) is 29.8. The molecule has 1 N–H and O–H groups in total. The van der Waals surface area contributed by atoms with Gasteiger partial charge in [-0.1, -0.05) is 33.1 Å². The molecule has 0 amide bonds. The van der Waals surface area contributed by atoms with Crippen LogP contribution in [-0.4, -0.2) is 45.7 Å².